The Morgan fingerprint density at radius 1 is 0.963 bits per heavy atom. The molecule has 1 N–H and O–H groups in total. The first-order valence-corrected chi connectivity index (χ1v) is 10.3. The van der Waals surface area contributed by atoms with E-state index in [1.54, 1.807) is 18.2 Å². The van der Waals surface area contributed by atoms with Crippen molar-refractivity contribution in [1.82, 2.24) is 0 Å². The zero-order valence-corrected chi connectivity index (χ0v) is 16.0. The summed E-state index contributed by atoms with van der Waals surface area (Å²) in [6, 6.07) is 12.5. The monoisotopic (exact) mass is 390 g/mol. The quantitative estimate of drug-likeness (QED) is 0.865. The fourth-order valence-electron chi connectivity index (χ4n) is 3.47. The van der Waals surface area contributed by atoms with Crippen LogP contribution >= 0.6 is 0 Å². The first kappa shape index (κ1) is 17.9. The maximum Gasteiger partial charge on any atom is 0.262 e. The van der Waals surface area contributed by atoms with Crippen LogP contribution in [0.4, 0.5) is 11.4 Å². The molecule has 4 rings (SSSR count). The minimum atomic E-state index is -3.71. The third kappa shape index (κ3) is 3.54. The average molecular weight is 390 g/mol. The molecule has 144 valence electrons. The molecule has 0 saturated carbocycles. The Morgan fingerprint density at radius 3 is 2.33 bits per heavy atom. The molecule has 0 aromatic heterocycles. The van der Waals surface area contributed by atoms with Crippen LogP contribution in [0.1, 0.15) is 13.8 Å². The minimum Gasteiger partial charge on any atom is -0.454 e. The molecule has 2 aromatic carbocycles. The van der Waals surface area contributed by atoms with E-state index in [2.05, 4.69) is 23.5 Å². The zero-order valence-electron chi connectivity index (χ0n) is 15.2. The van der Waals surface area contributed by atoms with Gasteiger partial charge in [-0.2, -0.15) is 0 Å². The van der Waals surface area contributed by atoms with Crippen molar-refractivity contribution in [3.05, 3.63) is 42.5 Å². The van der Waals surface area contributed by atoms with E-state index in [9.17, 15) is 8.42 Å². The number of nitrogens with zero attached hydrogens (tertiary/aromatic N) is 1. The summed E-state index contributed by atoms with van der Waals surface area (Å²) in [7, 11) is -3.71. The van der Waals surface area contributed by atoms with Crippen LogP contribution < -0.4 is 19.1 Å². The van der Waals surface area contributed by atoms with Crippen molar-refractivity contribution in [1.29, 1.82) is 0 Å². The lowest BCUT2D eigenvalue weighted by Crippen LogP contribution is -2.49. The summed E-state index contributed by atoms with van der Waals surface area (Å²) in [6.45, 7) is 5.70. The summed E-state index contributed by atoms with van der Waals surface area (Å²) in [6.07, 6.45) is 0. The highest BCUT2D eigenvalue weighted by Gasteiger charge is 2.26. The van der Waals surface area contributed by atoms with E-state index < -0.39 is 10.0 Å². The van der Waals surface area contributed by atoms with Gasteiger partial charge in [-0.05, 0) is 50.2 Å². The van der Waals surface area contributed by atoms with Gasteiger partial charge in [-0.3, -0.25) is 4.72 Å². The van der Waals surface area contributed by atoms with Gasteiger partial charge in [-0.25, -0.2) is 8.42 Å². The lowest BCUT2D eigenvalue weighted by molar-refractivity contribution is 0.0757. The Morgan fingerprint density at radius 2 is 1.63 bits per heavy atom. The maximum absolute atomic E-state index is 12.7. The lowest BCUT2D eigenvalue weighted by Gasteiger charge is -2.40. The average Bonchev–Trinajstić information content (AvgIpc) is 3.10. The molecule has 2 atom stereocenters. The molecule has 8 heteroatoms. The molecule has 1 saturated heterocycles. The zero-order chi connectivity index (χ0) is 19.0. The molecule has 2 aliphatic heterocycles. The summed E-state index contributed by atoms with van der Waals surface area (Å²) < 4.78 is 44.0. The van der Waals surface area contributed by atoms with Crippen LogP contribution in [0.5, 0.6) is 11.5 Å². The predicted octanol–water partition coefficient (Wildman–Crippen LogP) is 2.83. The van der Waals surface area contributed by atoms with Crippen LogP contribution in [0.25, 0.3) is 0 Å². The fraction of sp³-hybridized carbons (Fsp3) is 0.368. The SMILES string of the molecule is CC1COCC(C)N1c1ccc(NS(=O)(=O)c2ccc3c(c2)OCO3)cc1. The van der Waals surface area contributed by atoms with Gasteiger partial charge in [-0.15, -0.1) is 0 Å². The second kappa shape index (κ2) is 6.94. The summed E-state index contributed by atoms with van der Waals surface area (Å²) in [5.74, 6) is 0.982. The largest absolute Gasteiger partial charge is 0.454 e. The summed E-state index contributed by atoms with van der Waals surface area (Å²) >= 11 is 0. The highest BCUT2D eigenvalue weighted by atomic mass is 32.2. The molecular formula is C19H22N2O5S. The van der Waals surface area contributed by atoms with Gasteiger partial charge < -0.3 is 19.1 Å². The first-order valence-electron chi connectivity index (χ1n) is 8.83. The van der Waals surface area contributed by atoms with E-state index in [4.69, 9.17) is 14.2 Å². The van der Waals surface area contributed by atoms with Crippen molar-refractivity contribution in [2.45, 2.75) is 30.8 Å². The van der Waals surface area contributed by atoms with E-state index >= 15 is 0 Å². The van der Waals surface area contributed by atoms with Crippen LogP contribution in [0.2, 0.25) is 0 Å². The van der Waals surface area contributed by atoms with Crippen molar-refractivity contribution in [3.8, 4) is 11.5 Å². The fourth-order valence-corrected chi connectivity index (χ4v) is 4.55. The number of nitrogens with one attached hydrogen (secondary N) is 1. The van der Waals surface area contributed by atoms with Gasteiger partial charge in [-0.1, -0.05) is 0 Å². The van der Waals surface area contributed by atoms with Crippen LogP contribution in [0, 0.1) is 0 Å². The molecule has 27 heavy (non-hydrogen) atoms. The normalized spacial score (nSPS) is 21.9. The maximum atomic E-state index is 12.7. The predicted molar refractivity (Wildman–Crippen MR) is 102 cm³/mol. The molecule has 2 unspecified atom stereocenters. The van der Waals surface area contributed by atoms with Crippen molar-refractivity contribution in [3.63, 3.8) is 0 Å². The van der Waals surface area contributed by atoms with Crippen LogP contribution in [-0.2, 0) is 14.8 Å². The molecule has 0 spiro atoms. The third-order valence-electron chi connectivity index (χ3n) is 4.74. The third-order valence-corrected chi connectivity index (χ3v) is 6.12. The molecule has 0 bridgehead atoms. The Kier molecular flexibility index (Phi) is 4.61. The summed E-state index contributed by atoms with van der Waals surface area (Å²) in [4.78, 5) is 2.42. The molecule has 2 aromatic rings. The topological polar surface area (TPSA) is 77.1 Å². The molecule has 2 aliphatic rings. The Labute approximate surface area is 158 Å². The van der Waals surface area contributed by atoms with Crippen LogP contribution in [0.3, 0.4) is 0 Å². The highest BCUT2D eigenvalue weighted by molar-refractivity contribution is 7.92. The number of hydrogen-bond donors (Lipinski definition) is 1. The van der Waals surface area contributed by atoms with Gasteiger partial charge in [0.15, 0.2) is 11.5 Å². The molecule has 1 fully saturated rings. The van der Waals surface area contributed by atoms with E-state index in [1.807, 2.05) is 12.1 Å². The van der Waals surface area contributed by atoms with Crippen molar-refractivity contribution < 1.29 is 22.6 Å². The first-order chi connectivity index (χ1) is 12.9. The number of hydrogen-bond acceptors (Lipinski definition) is 6. The van der Waals surface area contributed by atoms with Crippen molar-refractivity contribution in [2.24, 2.45) is 0 Å². The molecule has 7 nitrogen and oxygen atoms in total. The van der Waals surface area contributed by atoms with Gasteiger partial charge in [0.05, 0.1) is 18.1 Å². The standard InChI is InChI=1S/C19H22N2O5S/c1-13-10-24-11-14(2)21(13)16-5-3-15(4-6-16)20-27(22,23)17-7-8-18-19(9-17)26-12-25-18/h3-9,13-14,20H,10-12H2,1-2H3. The van der Waals surface area contributed by atoms with E-state index in [1.165, 1.54) is 12.1 Å². The number of ether oxygens (including phenoxy) is 3. The van der Waals surface area contributed by atoms with Crippen molar-refractivity contribution >= 4 is 21.4 Å². The van der Waals surface area contributed by atoms with Crippen molar-refractivity contribution in [2.75, 3.05) is 29.6 Å². The molecule has 0 radical (unpaired) electrons. The number of rotatable bonds is 4. The van der Waals surface area contributed by atoms with Crippen LogP contribution in [0.15, 0.2) is 47.4 Å². The molecule has 2 heterocycles. The molecule has 0 aliphatic carbocycles. The minimum absolute atomic E-state index is 0.103. The lowest BCUT2D eigenvalue weighted by atomic mass is 10.1. The summed E-state index contributed by atoms with van der Waals surface area (Å²) in [5.41, 5.74) is 1.55. The number of fused-ring (bicyclic) bond motifs is 1. The van der Waals surface area contributed by atoms with Gasteiger partial charge in [0.25, 0.3) is 10.0 Å². The number of anilines is 2. The second-order valence-electron chi connectivity index (χ2n) is 6.81. The highest BCUT2D eigenvalue weighted by Crippen LogP contribution is 2.34. The smallest absolute Gasteiger partial charge is 0.262 e. The van der Waals surface area contributed by atoms with Crippen LogP contribution in [-0.4, -0.2) is 40.5 Å². The second-order valence-corrected chi connectivity index (χ2v) is 8.49. The number of morpholine rings is 1. The van der Waals surface area contributed by atoms with Gasteiger partial charge >= 0.3 is 0 Å². The van der Waals surface area contributed by atoms with Gasteiger partial charge in [0, 0.05) is 29.5 Å². The Hall–Kier alpha value is -2.45. The molecular weight excluding hydrogens is 368 g/mol. The Bertz CT molecular complexity index is 920. The van der Waals surface area contributed by atoms with E-state index in [0.29, 0.717) is 30.4 Å². The number of sulfonamides is 1. The molecule has 0 amide bonds. The van der Waals surface area contributed by atoms with Gasteiger partial charge in [0.2, 0.25) is 6.79 Å². The van der Waals surface area contributed by atoms with E-state index in [-0.39, 0.29) is 23.8 Å². The Balaban J connectivity index is 1.52. The van der Waals surface area contributed by atoms with Gasteiger partial charge in [0.1, 0.15) is 0 Å². The summed E-state index contributed by atoms with van der Waals surface area (Å²) in [5, 5.41) is 0. The number of benzene rings is 2. The van der Waals surface area contributed by atoms with E-state index in [0.717, 1.165) is 5.69 Å².